The minimum Gasteiger partial charge on any atom is -0.246 e. The molecule has 1 aromatic carbocycles. The van der Waals surface area contributed by atoms with Crippen LogP contribution in [0, 0.1) is 11.7 Å². The van der Waals surface area contributed by atoms with Crippen LogP contribution in [-0.4, -0.2) is 46.3 Å². The zero-order valence-electron chi connectivity index (χ0n) is 14.7. The van der Waals surface area contributed by atoms with Crippen LogP contribution in [0.3, 0.4) is 0 Å². The fourth-order valence-corrected chi connectivity index (χ4v) is 4.93. The highest BCUT2D eigenvalue weighted by Gasteiger charge is 2.28. The smallest absolute Gasteiger partial charge is 0.246 e. The Hall–Kier alpha value is -2.00. The Morgan fingerprint density at radius 2 is 1.96 bits per heavy atom. The van der Waals surface area contributed by atoms with Gasteiger partial charge >= 0.3 is 5.69 Å². The van der Waals surface area contributed by atoms with Gasteiger partial charge in [-0.05, 0) is 37.3 Å². The molecule has 0 bridgehead atoms. The molecule has 1 saturated heterocycles. The van der Waals surface area contributed by atoms with E-state index in [-0.39, 0.29) is 17.4 Å². The molecule has 2 heterocycles. The zero-order chi connectivity index (χ0) is 18.7. The summed E-state index contributed by atoms with van der Waals surface area (Å²) >= 11 is 0. The van der Waals surface area contributed by atoms with E-state index in [1.54, 1.807) is 16.4 Å². The number of hydrogen-bond donors (Lipinski definition) is 1. The minimum atomic E-state index is -3.18. The molecule has 0 amide bonds. The lowest BCUT2D eigenvalue weighted by Gasteiger charge is -2.31. The summed E-state index contributed by atoms with van der Waals surface area (Å²) in [5, 5.41) is 6.44. The van der Waals surface area contributed by atoms with Crippen LogP contribution in [0.25, 0.3) is 5.69 Å². The molecule has 3 rings (SSSR count). The first kappa shape index (κ1) is 18.8. The van der Waals surface area contributed by atoms with Gasteiger partial charge in [0, 0.05) is 19.5 Å². The van der Waals surface area contributed by atoms with Gasteiger partial charge in [0.1, 0.15) is 11.6 Å². The third kappa shape index (κ3) is 3.88. The Balaban J connectivity index is 1.73. The third-order valence-electron chi connectivity index (χ3n) is 4.74. The molecule has 1 aliphatic rings. The van der Waals surface area contributed by atoms with Crippen LogP contribution >= 0.6 is 0 Å². The van der Waals surface area contributed by atoms with E-state index in [0.717, 1.165) is 0 Å². The van der Waals surface area contributed by atoms with Crippen LogP contribution in [0.5, 0.6) is 0 Å². The van der Waals surface area contributed by atoms with Crippen LogP contribution in [-0.2, 0) is 16.4 Å². The highest BCUT2D eigenvalue weighted by Crippen LogP contribution is 2.24. The lowest BCUT2D eigenvalue weighted by atomic mass is 9.94. The van der Waals surface area contributed by atoms with Crippen LogP contribution in [0.1, 0.15) is 32.0 Å². The molecule has 1 aromatic heterocycles. The van der Waals surface area contributed by atoms with Gasteiger partial charge in [-0.15, -0.1) is 0 Å². The highest BCUT2D eigenvalue weighted by molar-refractivity contribution is 7.89. The average molecular weight is 382 g/mol. The van der Waals surface area contributed by atoms with Crippen molar-refractivity contribution in [2.24, 2.45) is 5.92 Å². The molecule has 1 N–H and O–H groups in total. The lowest BCUT2D eigenvalue weighted by molar-refractivity contribution is 0.269. The van der Waals surface area contributed by atoms with Gasteiger partial charge in [0.05, 0.1) is 11.4 Å². The molecular formula is C17H23FN4O3S. The van der Waals surface area contributed by atoms with E-state index in [2.05, 4.69) is 10.2 Å². The Kier molecular flexibility index (Phi) is 5.57. The summed E-state index contributed by atoms with van der Waals surface area (Å²) < 4.78 is 41.2. The van der Waals surface area contributed by atoms with E-state index < -0.39 is 21.5 Å². The molecule has 0 atom stereocenters. The van der Waals surface area contributed by atoms with Gasteiger partial charge in [0.15, 0.2) is 0 Å². The largest absolute Gasteiger partial charge is 0.348 e. The van der Waals surface area contributed by atoms with E-state index in [9.17, 15) is 17.6 Å². The van der Waals surface area contributed by atoms with E-state index >= 15 is 0 Å². The van der Waals surface area contributed by atoms with Gasteiger partial charge in [-0.25, -0.2) is 31.6 Å². The molecule has 26 heavy (non-hydrogen) atoms. The molecule has 0 aliphatic carbocycles. The van der Waals surface area contributed by atoms with Crippen molar-refractivity contribution in [3.8, 4) is 5.69 Å². The Morgan fingerprint density at radius 3 is 2.62 bits per heavy atom. The van der Waals surface area contributed by atoms with Crippen LogP contribution in [0.15, 0.2) is 29.1 Å². The summed E-state index contributed by atoms with van der Waals surface area (Å²) in [7, 11) is -3.18. The number of halogens is 1. The minimum absolute atomic E-state index is 0.170. The van der Waals surface area contributed by atoms with Crippen LogP contribution in [0.4, 0.5) is 4.39 Å². The standard InChI is InChI=1S/C17H23FN4O3S/c1-2-11-26(24,25)21-9-7-13(8-10-21)12-16-19-20-17(23)22(16)15-6-4-3-5-14(15)18/h3-6,13H,2,7-12H2,1H3,(H,20,23). The van der Waals surface area contributed by atoms with Crippen LogP contribution in [0.2, 0.25) is 0 Å². The van der Waals surface area contributed by atoms with Crippen molar-refractivity contribution in [1.82, 2.24) is 19.1 Å². The normalized spacial score (nSPS) is 16.8. The van der Waals surface area contributed by atoms with Crippen molar-refractivity contribution >= 4 is 10.0 Å². The Morgan fingerprint density at radius 1 is 1.27 bits per heavy atom. The number of nitrogens with one attached hydrogen (secondary N) is 1. The second-order valence-electron chi connectivity index (χ2n) is 6.59. The van der Waals surface area contributed by atoms with Crippen molar-refractivity contribution in [3.05, 3.63) is 46.4 Å². The van der Waals surface area contributed by atoms with Gasteiger partial charge < -0.3 is 0 Å². The molecular weight excluding hydrogens is 359 g/mol. The quantitative estimate of drug-likeness (QED) is 0.824. The van der Waals surface area contributed by atoms with Crippen molar-refractivity contribution in [2.45, 2.75) is 32.6 Å². The maximum Gasteiger partial charge on any atom is 0.348 e. The fraction of sp³-hybridized carbons (Fsp3) is 0.529. The highest BCUT2D eigenvalue weighted by atomic mass is 32.2. The second-order valence-corrected chi connectivity index (χ2v) is 8.68. The van der Waals surface area contributed by atoms with Gasteiger partial charge in [0.25, 0.3) is 0 Å². The third-order valence-corrected chi connectivity index (χ3v) is 6.81. The number of nitrogens with zero attached hydrogens (tertiary/aromatic N) is 3. The number of sulfonamides is 1. The number of rotatable bonds is 6. The van der Waals surface area contributed by atoms with Gasteiger partial charge in [-0.2, -0.15) is 5.10 Å². The molecule has 2 aromatic rings. The molecule has 0 spiro atoms. The summed E-state index contributed by atoms with van der Waals surface area (Å²) in [6, 6.07) is 6.07. The van der Waals surface area contributed by atoms with Gasteiger partial charge in [-0.3, -0.25) is 0 Å². The second kappa shape index (κ2) is 7.71. The SMILES string of the molecule is CCCS(=O)(=O)N1CCC(Cc2n[nH]c(=O)n2-c2ccccc2F)CC1. The maximum atomic E-state index is 14.1. The Labute approximate surface area is 151 Å². The van der Waals surface area contributed by atoms with Crippen molar-refractivity contribution in [2.75, 3.05) is 18.8 Å². The topological polar surface area (TPSA) is 88.1 Å². The van der Waals surface area contributed by atoms with Crippen LogP contribution < -0.4 is 5.69 Å². The lowest BCUT2D eigenvalue weighted by Crippen LogP contribution is -2.40. The number of para-hydroxylation sites is 1. The number of H-pyrrole nitrogens is 1. The average Bonchev–Trinajstić information content (AvgIpc) is 2.96. The summed E-state index contributed by atoms with van der Waals surface area (Å²) in [6.07, 6.45) is 2.49. The van der Waals surface area contributed by atoms with Gasteiger partial charge in [0.2, 0.25) is 10.0 Å². The summed E-state index contributed by atoms with van der Waals surface area (Å²) in [5.41, 5.74) is -0.308. The van der Waals surface area contributed by atoms with Crippen molar-refractivity contribution in [3.63, 3.8) is 0 Å². The molecule has 0 unspecified atom stereocenters. The van der Waals surface area contributed by atoms with E-state index in [1.807, 2.05) is 6.92 Å². The number of piperidine rings is 1. The summed E-state index contributed by atoms with van der Waals surface area (Å²) in [5.74, 6) is 0.348. The molecule has 1 fully saturated rings. The van der Waals surface area contributed by atoms with Crippen molar-refractivity contribution in [1.29, 1.82) is 0 Å². The van der Waals surface area contributed by atoms with E-state index in [0.29, 0.717) is 44.6 Å². The molecule has 0 radical (unpaired) electrons. The van der Waals surface area contributed by atoms with Crippen molar-refractivity contribution < 1.29 is 12.8 Å². The molecule has 142 valence electrons. The van der Waals surface area contributed by atoms with E-state index in [1.165, 1.54) is 16.7 Å². The predicted octanol–water partition coefficient (Wildman–Crippen LogP) is 1.69. The summed E-state index contributed by atoms with van der Waals surface area (Å²) in [4.78, 5) is 12.1. The number of hydrogen-bond acceptors (Lipinski definition) is 4. The maximum absolute atomic E-state index is 14.1. The number of aromatic nitrogens is 3. The van der Waals surface area contributed by atoms with Gasteiger partial charge in [-0.1, -0.05) is 19.1 Å². The molecule has 1 aliphatic heterocycles. The molecule has 7 nitrogen and oxygen atoms in total. The first-order valence-electron chi connectivity index (χ1n) is 8.81. The molecule has 9 heteroatoms. The van der Waals surface area contributed by atoms with E-state index in [4.69, 9.17) is 0 Å². The first-order chi connectivity index (χ1) is 12.4. The number of aromatic amines is 1. The first-order valence-corrected chi connectivity index (χ1v) is 10.4. The predicted molar refractivity (Wildman–Crippen MR) is 96.2 cm³/mol. The fourth-order valence-electron chi connectivity index (χ4n) is 3.38. The monoisotopic (exact) mass is 382 g/mol. The molecule has 0 saturated carbocycles. The number of benzene rings is 1. The summed E-state index contributed by atoms with van der Waals surface area (Å²) in [6.45, 7) is 2.80. The zero-order valence-corrected chi connectivity index (χ0v) is 15.5. The Bertz CT molecular complexity index is 914.